The van der Waals surface area contributed by atoms with Gasteiger partial charge < -0.3 is 4.90 Å². The van der Waals surface area contributed by atoms with Crippen molar-refractivity contribution < 1.29 is 14.4 Å². The lowest BCUT2D eigenvalue weighted by molar-refractivity contribution is -0.122. The van der Waals surface area contributed by atoms with Crippen LogP contribution in [0.2, 0.25) is 5.02 Å². The Morgan fingerprint density at radius 2 is 1.81 bits per heavy atom. The van der Waals surface area contributed by atoms with Crippen LogP contribution in [0.5, 0.6) is 0 Å². The first-order valence-corrected chi connectivity index (χ1v) is 12.3. The fraction of sp³-hybridized carbons (Fsp3) is 0.167. The normalized spacial score (nSPS) is 15.3. The van der Waals surface area contributed by atoms with E-state index in [1.54, 1.807) is 53.7 Å². The van der Waals surface area contributed by atoms with E-state index in [4.69, 9.17) is 11.6 Å². The molecule has 0 bridgehead atoms. The number of carbonyl (C=O) groups excluding carboxylic acids is 3. The second-order valence-electron chi connectivity index (χ2n) is 9.17. The maximum absolute atomic E-state index is 13.7. The summed E-state index contributed by atoms with van der Waals surface area (Å²) in [6.07, 6.45) is 3.77. The van der Waals surface area contributed by atoms with Gasteiger partial charge in [-0.1, -0.05) is 48.0 Å². The van der Waals surface area contributed by atoms with Crippen molar-refractivity contribution in [3.63, 3.8) is 0 Å². The molecule has 0 unspecified atom stereocenters. The summed E-state index contributed by atoms with van der Waals surface area (Å²) < 4.78 is 0. The van der Waals surface area contributed by atoms with Gasteiger partial charge in [-0.3, -0.25) is 24.4 Å². The van der Waals surface area contributed by atoms with Crippen molar-refractivity contribution in [1.29, 1.82) is 0 Å². The molecule has 1 aliphatic heterocycles. The Kier molecular flexibility index (Phi) is 6.93. The summed E-state index contributed by atoms with van der Waals surface area (Å²) in [5.74, 6) is -0.480. The van der Waals surface area contributed by atoms with Crippen LogP contribution in [0.1, 0.15) is 48.8 Å². The van der Waals surface area contributed by atoms with E-state index < -0.39 is 6.04 Å². The number of ketones is 2. The molecule has 5 rings (SSSR count). The lowest BCUT2D eigenvalue weighted by atomic mass is 9.99. The van der Waals surface area contributed by atoms with Gasteiger partial charge in [-0.25, -0.2) is 0 Å². The van der Waals surface area contributed by atoms with E-state index in [2.05, 4.69) is 9.97 Å². The molecule has 7 heteroatoms. The molecule has 2 aromatic carbocycles. The summed E-state index contributed by atoms with van der Waals surface area (Å²) >= 11 is 6.17. The Hall–Kier alpha value is -4.16. The van der Waals surface area contributed by atoms with E-state index in [0.29, 0.717) is 33.8 Å². The van der Waals surface area contributed by atoms with Crippen LogP contribution in [0.25, 0.3) is 0 Å². The minimum atomic E-state index is -0.688. The Morgan fingerprint density at radius 1 is 1.00 bits per heavy atom. The van der Waals surface area contributed by atoms with Crippen LogP contribution in [-0.4, -0.2) is 38.4 Å². The maximum Gasteiger partial charge on any atom is 0.255 e. The largest absolute Gasteiger partial charge is 0.324 e. The van der Waals surface area contributed by atoms with E-state index in [-0.39, 0.29) is 30.4 Å². The summed E-state index contributed by atoms with van der Waals surface area (Å²) in [5.41, 5.74) is 4.49. The van der Waals surface area contributed by atoms with Crippen molar-refractivity contribution in [2.45, 2.75) is 32.4 Å². The number of pyridine rings is 2. The first-order chi connectivity index (χ1) is 17.9. The summed E-state index contributed by atoms with van der Waals surface area (Å²) in [5, 5.41) is 0.484. The average molecular weight is 510 g/mol. The van der Waals surface area contributed by atoms with Crippen molar-refractivity contribution in [3.05, 3.63) is 129 Å². The van der Waals surface area contributed by atoms with Gasteiger partial charge in [0.25, 0.3) is 5.91 Å². The molecule has 1 amide bonds. The van der Waals surface area contributed by atoms with E-state index in [9.17, 15) is 14.4 Å². The molecule has 6 nitrogen and oxygen atoms in total. The number of halogens is 1. The zero-order chi connectivity index (χ0) is 25.9. The topological polar surface area (TPSA) is 80.2 Å². The minimum Gasteiger partial charge on any atom is -0.324 e. The Labute approximate surface area is 220 Å². The summed E-state index contributed by atoms with van der Waals surface area (Å²) in [6, 6.07) is 20.5. The standard InChI is InChI=1S/C30H24ClN3O3/c1-19-5-12-26(33-17-19)29(36)21-8-6-20(7-9-21)18-34-27(16-24-4-2-3-13-32-24)28(35)15-22-14-23(31)10-11-25(22)30(34)37/h2-14,17,27H,15-16,18H2,1H3/t27-/m1/s1. The number of benzene rings is 2. The lowest BCUT2D eigenvalue weighted by Crippen LogP contribution is -2.44. The zero-order valence-electron chi connectivity index (χ0n) is 20.2. The van der Waals surface area contributed by atoms with Gasteiger partial charge in [0.1, 0.15) is 5.69 Å². The van der Waals surface area contributed by atoms with Gasteiger partial charge in [0.15, 0.2) is 5.78 Å². The van der Waals surface area contributed by atoms with Crippen molar-refractivity contribution in [2.75, 3.05) is 0 Å². The summed E-state index contributed by atoms with van der Waals surface area (Å²) in [6.45, 7) is 2.13. The molecule has 0 saturated carbocycles. The molecule has 37 heavy (non-hydrogen) atoms. The monoisotopic (exact) mass is 509 g/mol. The molecule has 0 fully saturated rings. The lowest BCUT2D eigenvalue weighted by Gasteiger charge is -2.29. The van der Waals surface area contributed by atoms with Crippen molar-refractivity contribution >= 4 is 29.1 Å². The van der Waals surface area contributed by atoms with E-state index in [1.165, 1.54) is 0 Å². The van der Waals surface area contributed by atoms with Crippen LogP contribution in [0, 0.1) is 6.92 Å². The maximum atomic E-state index is 13.7. The predicted octanol–water partition coefficient (Wildman–Crippen LogP) is 5.05. The Morgan fingerprint density at radius 3 is 2.51 bits per heavy atom. The SMILES string of the molecule is Cc1ccc(C(=O)c2ccc(CN3C(=O)c4ccc(Cl)cc4CC(=O)[C@H]3Cc3ccccn3)cc2)nc1. The molecule has 3 heterocycles. The van der Waals surface area contributed by atoms with Crippen LogP contribution in [-0.2, 0) is 24.2 Å². The molecule has 0 radical (unpaired) electrons. The van der Waals surface area contributed by atoms with E-state index >= 15 is 0 Å². The van der Waals surface area contributed by atoms with Crippen LogP contribution >= 0.6 is 11.6 Å². The second kappa shape index (κ2) is 10.4. The average Bonchev–Trinajstić information content (AvgIpc) is 2.99. The number of carbonyl (C=O) groups is 3. The molecule has 0 spiro atoms. The molecule has 1 aliphatic rings. The van der Waals surface area contributed by atoms with Gasteiger partial charge in [0.2, 0.25) is 5.78 Å². The van der Waals surface area contributed by atoms with E-state index in [1.807, 2.05) is 43.3 Å². The number of nitrogens with zero attached hydrogens (tertiary/aromatic N) is 3. The highest BCUT2D eigenvalue weighted by molar-refractivity contribution is 6.30. The molecule has 1 atom stereocenters. The van der Waals surface area contributed by atoms with Crippen LogP contribution in [0.4, 0.5) is 0 Å². The molecular weight excluding hydrogens is 486 g/mol. The fourth-order valence-corrected chi connectivity index (χ4v) is 4.72. The van der Waals surface area contributed by atoms with Crippen molar-refractivity contribution in [1.82, 2.24) is 14.9 Å². The Bertz CT molecular complexity index is 1470. The smallest absolute Gasteiger partial charge is 0.255 e. The number of hydrogen-bond donors (Lipinski definition) is 0. The fourth-order valence-electron chi connectivity index (χ4n) is 4.52. The highest BCUT2D eigenvalue weighted by Crippen LogP contribution is 2.27. The molecule has 0 N–H and O–H groups in total. The van der Waals surface area contributed by atoms with Gasteiger partial charge in [-0.05, 0) is 60.0 Å². The minimum absolute atomic E-state index is 0.0720. The van der Waals surface area contributed by atoms with Crippen molar-refractivity contribution in [3.8, 4) is 0 Å². The Balaban J connectivity index is 1.45. The van der Waals surface area contributed by atoms with Gasteiger partial charge in [0.05, 0.1) is 6.04 Å². The number of rotatable bonds is 6. The zero-order valence-corrected chi connectivity index (χ0v) is 21.0. The van der Waals surface area contributed by atoms with Gasteiger partial charge in [0, 0.05) is 53.6 Å². The molecule has 4 aromatic rings. The van der Waals surface area contributed by atoms with Gasteiger partial charge >= 0.3 is 0 Å². The molecule has 184 valence electrons. The first kappa shape index (κ1) is 24.5. The number of amides is 1. The molecular formula is C30H24ClN3O3. The third-order valence-electron chi connectivity index (χ3n) is 6.51. The first-order valence-electron chi connectivity index (χ1n) is 12.0. The van der Waals surface area contributed by atoms with Gasteiger partial charge in [-0.2, -0.15) is 0 Å². The van der Waals surface area contributed by atoms with Crippen LogP contribution in [0.15, 0.2) is 85.2 Å². The number of aromatic nitrogens is 2. The summed E-state index contributed by atoms with van der Waals surface area (Å²) in [7, 11) is 0. The predicted molar refractivity (Wildman–Crippen MR) is 141 cm³/mol. The van der Waals surface area contributed by atoms with Crippen LogP contribution < -0.4 is 0 Å². The number of fused-ring (bicyclic) bond motifs is 1. The highest BCUT2D eigenvalue weighted by atomic mass is 35.5. The number of hydrogen-bond acceptors (Lipinski definition) is 5. The second-order valence-corrected chi connectivity index (χ2v) is 9.60. The van der Waals surface area contributed by atoms with Crippen molar-refractivity contribution in [2.24, 2.45) is 0 Å². The number of aryl methyl sites for hydroxylation is 1. The van der Waals surface area contributed by atoms with Gasteiger partial charge in [-0.15, -0.1) is 0 Å². The van der Waals surface area contributed by atoms with Crippen LogP contribution in [0.3, 0.4) is 0 Å². The third-order valence-corrected chi connectivity index (χ3v) is 6.75. The third kappa shape index (κ3) is 5.34. The quantitative estimate of drug-likeness (QED) is 0.340. The molecule has 0 aliphatic carbocycles. The molecule has 2 aromatic heterocycles. The summed E-state index contributed by atoms with van der Waals surface area (Å²) in [4.78, 5) is 50.2. The number of Topliss-reactive ketones (excluding diaryl/α,β-unsaturated/α-hetero) is 1. The highest BCUT2D eigenvalue weighted by Gasteiger charge is 2.35. The molecule has 0 saturated heterocycles. The van der Waals surface area contributed by atoms with E-state index in [0.717, 1.165) is 16.8 Å².